The number of nitrogens with zero attached hydrogens (tertiary/aromatic N) is 4. The first kappa shape index (κ1) is 18.2. The zero-order valence-electron chi connectivity index (χ0n) is 15.8. The van der Waals surface area contributed by atoms with Crippen LogP contribution in [0.3, 0.4) is 0 Å². The summed E-state index contributed by atoms with van der Waals surface area (Å²) in [6.45, 7) is 3.92. The highest BCUT2D eigenvalue weighted by Crippen LogP contribution is 2.22. The fourth-order valence-electron chi connectivity index (χ4n) is 3.46. The maximum atomic E-state index is 14.0. The lowest BCUT2D eigenvalue weighted by molar-refractivity contribution is 0.596. The zero-order valence-corrected chi connectivity index (χ0v) is 15.8. The third-order valence-corrected chi connectivity index (χ3v) is 4.98. The first-order valence-electron chi connectivity index (χ1n) is 9.65. The number of para-hydroxylation sites is 1. The molecule has 1 saturated heterocycles. The third-order valence-electron chi connectivity index (χ3n) is 4.98. The second kappa shape index (κ2) is 8.69. The minimum Gasteiger partial charge on any atom is -0.366 e. The Kier molecular flexibility index (Phi) is 5.66. The summed E-state index contributed by atoms with van der Waals surface area (Å²) < 4.78 is 14.0. The molecule has 0 amide bonds. The highest BCUT2D eigenvalue weighted by molar-refractivity contribution is 5.51. The number of hydrogen-bond donors (Lipinski definition) is 1. The second-order valence-electron chi connectivity index (χ2n) is 6.83. The van der Waals surface area contributed by atoms with Gasteiger partial charge in [0.25, 0.3) is 0 Å². The molecule has 6 heteroatoms. The van der Waals surface area contributed by atoms with Gasteiger partial charge in [0.2, 0.25) is 5.95 Å². The summed E-state index contributed by atoms with van der Waals surface area (Å²) in [5.41, 5.74) is 1.96. The molecular formula is C22H24FN5. The number of aromatic nitrogens is 2. The summed E-state index contributed by atoms with van der Waals surface area (Å²) in [5, 5.41) is 3.31. The molecule has 4 rings (SSSR count). The van der Waals surface area contributed by atoms with E-state index in [1.54, 1.807) is 12.3 Å². The summed E-state index contributed by atoms with van der Waals surface area (Å²) in [6.07, 6.45) is 2.71. The van der Waals surface area contributed by atoms with Crippen LogP contribution in [-0.4, -0.2) is 42.7 Å². The molecule has 2 aromatic carbocycles. The van der Waals surface area contributed by atoms with Crippen molar-refractivity contribution in [3.8, 4) is 0 Å². The van der Waals surface area contributed by atoms with E-state index >= 15 is 0 Å². The number of hydrogen-bond acceptors (Lipinski definition) is 5. The van der Waals surface area contributed by atoms with Crippen LogP contribution in [0.4, 0.5) is 21.8 Å². The highest BCUT2D eigenvalue weighted by Gasteiger charge is 2.20. The molecule has 0 bridgehead atoms. The molecule has 1 aliphatic heterocycles. The summed E-state index contributed by atoms with van der Waals surface area (Å²) in [6, 6.07) is 19.2. The molecule has 0 aliphatic carbocycles. The number of halogens is 1. The van der Waals surface area contributed by atoms with Gasteiger partial charge in [-0.05, 0) is 30.2 Å². The van der Waals surface area contributed by atoms with Gasteiger partial charge in [0, 0.05) is 38.9 Å². The first-order chi connectivity index (χ1) is 13.8. The predicted molar refractivity (Wildman–Crippen MR) is 111 cm³/mol. The van der Waals surface area contributed by atoms with Crippen LogP contribution < -0.4 is 15.1 Å². The largest absolute Gasteiger partial charge is 0.366 e. The van der Waals surface area contributed by atoms with Crippen molar-refractivity contribution >= 4 is 17.5 Å². The first-order valence-corrected chi connectivity index (χ1v) is 9.65. The Morgan fingerprint density at radius 1 is 0.857 bits per heavy atom. The van der Waals surface area contributed by atoms with E-state index in [0.29, 0.717) is 11.6 Å². The van der Waals surface area contributed by atoms with Gasteiger partial charge in [-0.3, -0.25) is 0 Å². The van der Waals surface area contributed by atoms with E-state index in [2.05, 4.69) is 37.2 Å². The molecule has 0 radical (unpaired) electrons. The van der Waals surface area contributed by atoms with Crippen molar-refractivity contribution in [3.63, 3.8) is 0 Å². The minimum absolute atomic E-state index is 0.164. The van der Waals surface area contributed by atoms with Crippen LogP contribution in [0, 0.1) is 5.82 Å². The number of anilines is 3. The van der Waals surface area contributed by atoms with E-state index in [1.807, 2.05) is 36.4 Å². The van der Waals surface area contributed by atoms with Crippen molar-refractivity contribution in [2.45, 2.75) is 6.42 Å². The molecule has 0 spiro atoms. The Morgan fingerprint density at radius 3 is 2.36 bits per heavy atom. The maximum absolute atomic E-state index is 14.0. The number of piperazine rings is 1. The zero-order chi connectivity index (χ0) is 19.2. The molecule has 1 N–H and O–H groups in total. The maximum Gasteiger partial charge on any atom is 0.224 e. The lowest BCUT2D eigenvalue weighted by Crippen LogP contribution is -2.47. The molecule has 1 aromatic heterocycles. The van der Waals surface area contributed by atoms with Crippen LogP contribution in [0.5, 0.6) is 0 Å². The van der Waals surface area contributed by atoms with E-state index in [0.717, 1.165) is 45.0 Å². The van der Waals surface area contributed by atoms with E-state index in [1.165, 1.54) is 11.6 Å². The number of benzene rings is 2. The molecule has 0 saturated carbocycles. The van der Waals surface area contributed by atoms with Gasteiger partial charge in [-0.25, -0.2) is 9.37 Å². The van der Waals surface area contributed by atoms with Crippen molar-refractivity contribution in [2.24, 2.45) is 0 Å². The van der Waals surface area contributed by atoms with Gasteiger partial charge in [0.05, 0.1) is 5.69 Å². The minimum atomic E-state index is -0.164. The Hall–Kier alpha value is -3.15. The van der Waals surface area contributed by atoms with Crippen LogP contribution in [0.15, 0.2) is 66.9 Å². The van der Waals surface area contributed by atoms with Crippen LogP contribution >= 0.6 is 0 Å². The van der Waals surface area contributed by atoms with Gasteiger partial charge in [-0.2, -0.15) is 4.98 Å². The average Bonchev–Trinajstić information content (AvgIpc) is 2.75. The average molecular weight is 377 g/mol. The van der Waals surface area contributed by atoms with Gasteiger partial charge in [-0.1, -0.05) is 42.5 Å². The highest BCUT2D eigenvalue weighted by atomic mass is 19.1. The molecular weight excluding hydrogens is 353 g/mol. The summed E-state index contributed by atoms with van der Waals surface area (Å²) >= 11 is 0. The lowest BCUT2D eigenvalue weighted by Gasteiger charge is -2.36. The normalized spacial score (nSPS) is 14.2. The standard InChI is InChI=1S/C22H24FN5/c23-19-8-4-5-9-20(19)27-14-16-28(17-15-27)21-11-13-25-22(26-21)24-12-10-18-6-2-1-3-7-18/h1-9,11,13H,10,12,14-17H2,(H,24,25,26). The molecule has 0 atom stereocenters. The summed E-state index contributed by atoms with van der Waals surface area (Å²) in [4.78, 5) is 13.3. The van der Waals surface area contributed by atoms with E-state index in [9.17, 15) is 4.39 Å². The Morgan fingerprint density at radius 2 is 1.57 bits per heavy atom. The Balaban J connectivity index is 1.33. The SMILES string of the molecule is Fc1ccccc1N1CCN(c2ccnc(NCCc3ccccc3)n2)CC1. The Labute approximate surface area is 164 Å². The van der Waals surface area contributed by atoms with Crippen molar-refractivity contribution in [2.75, 3.05) is 47.8 Å². The van der Waals surface area contributed by atoms with Gasteiger partial charge in [0.15, 0.2) is 0 Å². The summed E-state index contributed by atoms with van der Waals surface area (Å²) in [7, 11) is 0. The van der Waals surface area contributed by atoms with Crippen LogP contribution in [0.1, 0.15) is 5.56 Å². The molecule has 5 nitrogen and oxygen atoms in total. The van der Waals surface area contributed by atoms with Crippen LogP contribution in [-0.2, 0) is 6.42 Å². The van der Waals surface area contributed by atoms with Crippen molar-refractivity contribution < 1.29 is 4.39 Å². The number of nitrogens with one attached hydrogen (secondary N) is 1. The topological polar surface area (TPSA) is 44.3 Å². The van der Waals surface area contributed by atoms with Crippen molar-refractivity contribution in [1.29, 1.82) is 0 Å². The van der Waals surface area contributed by atoms with Gasteiger partial charge < -0.3 is 15.1 Å². The molecule has 1 aliphatic rings. The van der Waals surface area contributed by atoms with Gasteiger partial charge in [0.1, 0.15) is 11.6 Å². The monoisotopic (exact) mass is 377 g/mol. The second-order valence-corrected chi connectivity index (χ2v) is 6.83. The van der Waals surface area contributed by atoms with E-state index in [4.69, 9.17) is 0 Å². The molecule has 28 heavy (non-hydrogen) atoms. The van der Waals surface area contributed by atoms with Gasteiger partial charge in [-0.15, -0.1) is 0 Å². The summed E-state index contributed by atoms with van der Waals surface area (Å²) in [5.74, 6) is 1.39. The van der Waals surface area contributed by atoms with Gasteiger partial charge >= 0.3 is 0 Å². The van der Waals surface area contributed by atoms with Crippen molar-refractivity contribution in [3.05, 3.63) is 78.2 Å². The predicted octanol–water partition coefficient (Wildman–Crippen LogP) is 3.60. The Bertz CT molecular complexity index is 894. The van der Waals surface area contributed by atoms with Crippen molar-refractivity contribution in [1.82, 2.24) is 9.97 Å². The third kappa shape index (κ3) is 4.39. The molecule has 0 unspecified atom stereocenters. The number of rotatable bonds is 6. The van der Waals surface area contributed by atoms with Crippen LogP contribution in [0.25, 0.3) is 0 Å². The quantitative estimate of drug-likeness (QED) is 0.711. The molecule has 1 fully saturated rings. The lowest BCUT2D eigenvalue weighted by atomic mass is 10.1. The molecule has 144 valence electrons. The fraction of sp³-hybridized carbons (Fsp3) is 0.273. The smallest absolute Gasteiger partial charge is 0.224 e. The van der Waals surface area contributed by atoms with E-state index < -0.39 is 0 Å². The van der Waals surface area contributed by atoms with E-state index in [-0.39, 0.29) is 5.82 Å². The fourth-order valence-corrected chi connectivity index (χ4v) is 3.46. The molecule has 2 heterocycles. The van der Waals surface area contributed by atoms with Crippen LogP contribution in [0.2, 0.25) is 0 Å². The molecule has 3 aromatic rings.